The van der Waals surface area contributed by atoms with Gasteiger partial charge in [0.1, 0.15) is 0 Å². The highest BCUT2D eigenvalue weighted by atomic mass is 16.6. The van der Waals surface area contributed by atoms with E-state index < -0.39 is 6.29 Å². The summed E-state index contributed by atoms with van der Waals surface area (Å²) in [5.74, 6) is -0.313. The van der Waals surface area contributed by atoms with E-state index in [0.717, 1.165) is 37.7 Å². The number of allylic oxidation sites excluding steroid dienone is 3. The topological polar surface area (TPSA) is 46.5 Å². The first-order chi connectivity index (χ1) is 9.95. The van der Waals surface area contributed by atoms with E-state index in [1.807, 2.05) is 6.92 Å². The Labute approximate surface area is 130 Å². The zero-order valence-electron chi connectivity index (χ0n) is 14.2. The summed E-state index contributed by atoms with van der Waals surface area (Å²) in [5, 5.41) is 9.70. The van der Waals surface area contributed by atoms with Gasteiger partial charge in [-0.1, -0.05) is 49.8 Å². The number of carbonyl (C=O) groups excluding carboxylic acids is 1. The molecule has 0 amide bonds. The van der Waals surface area contributed by atoms with Crippen LogP contribution in [0.1, 0.15) is 79.1 Å². The standard InChI is InChI=1S/C18H32O3/c1-5-6-7-8-9-13-17(19)21-18(20)14-16(4)12-10-11-15(2)3/h11,14,18,20H,5-10,12-13H2,1-4H3/b16-14+. The molecule has 0 fully saturated rings. The lowest BCUT2D eigenvalue weighted by atomic mass is 10.1. The molecule has 1 unspecified atom stereocenters. The van der Waals surface area contributed by atoms with E-state index in [-0.39, 0.29) is 5.97 Å². The molecular formula is C18H32O3. The van der Waals surface area contributed by atoms with Crippen LogP contribution in [0.4, 0.5) is 0 Å². The Kier molecular flexibility index (Phi) is 12.0. The lowest BCUT2D eigenvalue weighted by molar-refractivity contribution is -0.160. The van der Waals surface area contributed by atoms with Gasteiger partial charge in [-0.15, -0.1) is 0 Å². The number of unbranched alkanes of at least 4 members (excludes halogenated alkanes) is 4. The van der Waals surface area contributed by atoms with Crippen LogP contribution in [0.15, 0.2) is 23.3 Å². The van der Waals surface area contributed by atoms with Crippen LogP contribution in [-0.4, -0.2) is 17.4 Å². The number of aliphatic hydroxyl groups excluding tert-OH is 1. The third kappa shape index (κ3) is 13.6. The quantitative estimate of drug-likeness (QED) is 0.255. The molecule has 0 radical (unpaired) electrons. The average molecular weight is 296 g/mol. The fraction of sp³-hybridized carbons (Fsp3) is 0.722. The molecule has 1 atom stereocenters. The first-order valence-corrected chi connectivity index (χ1v) is 8.14. The summed E-state index contributed by atoms with van der Waals surface area (Å²) in [6.45, 7) is 8.24. The second-order valence-corrected chi connectivity index (χ2v) is 5.88. The van der Waals surface area contributed by atoms with Gasteiger partial charge >= 0.3 is 5.97 Å². The molecule has 0 saturated heterocycles. The van der Waals surface area contributed by atoms with Crippen LogP contribution >= 0.6 is 0 Å². The minimum atomic E-state index is -1.11. The van der Waals surface area contributed by atoms with E-state index in [1.165, 1.54) is 18.4 Å². The van der Waals surface area contributed by atoms with Crippen LogP contribution in [0.25, 0.3) is 0 Å². The molecule has 0 heterocycles. The molecule has 0 aromatic carbocycles. The molecule has 0 bridgehead atoms. The Morgan fingerprint density at radius 1 is 1.10 bits per heavy atom. The van der Waals surface area contributed by atoms with Crippen LogP contribution in [0, 0.1) is 0 Å². The van der Waals surface area contributed by atoms with Crippen molar-refractivity contribution in [3.63, 3.8) is 0 Å². The fourth-order valence-electron chi connectivity index (χ4n) is 2.02. The van der Waals surface area contributed by atoms with Gasteiger partial charge in [-0.2, -0.15) is 0 Å². The van der Waals surface area contributed by atoms with E-state index in [0.29, 0.717) is 6.42 Å². The molecule has 0 aliphatic heterocycles. The number of rotatable bonds is 11. The van der Waals surface area contributed by atoms with Crippen LogP contribution in [0.3, 0.4) is 0 Å². The van der Waals surface area contributed by atoms with Crippen molar-refractivity contribution >= 4 is 5.97 Å². The van der Waals surface area contributed by atoms with Gasteiger partial charge in [0.2, 0.25) is 6.29 Å². The fourth-order valence-corrected chi connectivity index (χ4v) is 2.02. The predicted molar refractivity (Wildman–Crippen MR) is 87.9 cm³/mol. The second kappa shape index (κ2) is 12.6. The second-order valence-electron chi connectivity index (χ2n) is 5.88. The van der Waals surface area contributed by atoms with Crippen LogP contribution in [0.2, 0.25) is 0 Å². The lowest BCUT2D eigenvalue weighted by Crippen LogP contribution is -2.15. The summed E-state index contributed by atoms with van der Waals surface area (Å²) in [4.78, 5) is 11.6. The number of aliphatic hydroxyl groups is 1. The van der Waals surface area contributed by atoms with Gasteiger partial charge in [0.25, 0.3) is 0 Å². The number of hydrogen-bond acceptors (Lipinski definition) is 3. The minimum Gasteiger partial charge on any atom is -0.432 e. The van der Waals surface area contributed by atoms with Crippen LogP contribution in [-0.2, 0) is 9.53 Å². The highest BCUT2D eigenvalue weighted by Crippen LogP contribution is 2.10. The smallest absolute Gasteiger partial charge is 0.308 e. The number of carbonyl (C=O) groups is 1. The van der Waals surface area contributed by atoms with Crippen LogP contribution in [0.5, 0.6) is 0 Å². The maximum atomic E-state index is 11.6. The Balaban J connectivity index is 3.87. The van der Waals surface area contributed by atoms with E-state index in [1.54, 1.807) is 6.08 Å². The summed E-state index contributed by atoms with van der Waals surface area (Å²) in [7, 11) is 0. The van der Waals surface area contributed by atoms with Crippen molar-refractivity contribution in [2.75, 3.05) is 0 Å². The Hall–Kier alpha value is -1.09. The van der Waals surface area contributed by atoms with E-state index in [4.69, 9.17) is 4.74 Å². The number of esters is 1. The Bertz CT molecular complexity index is 338. The summed E-state index contributed by atoms with van der Waals surface area (Å²) in [6.07, 6.45) is 10.3. The monoisotopic (exact) mass is 296 g/mol. The van der Waals surface area contributed by atoms with Crippen molar-refractivity contribution in [1.29, 1.82) is 0 Å². The Morgan fingerprint density at radius 2 is 1.76 bits per heavy atom. The van der Waals surface area contributed by atoms with E-state index in [9.17, 15) is 9.90 Å². The van der Waals surface area contributed by atoms with Crippen molar-refractivity contribution in [3.8, 4) is 0 Å². The Morgan fingerprint density at radius 3 is 2.38 bits per heavy atom. The van der Waals surface area contributed by atoms with Crippen molar-refractivity contribution in [2.45, 2.75) is 85.4 Å². The van der Waals surface area contributed by atoms with Gasteiger partial charge in [0, 0.05) is 6.42 Å². The number of ether oxygens (including phenoxy) is 1. The maximum absolute atomic E-state index is 11.6. The van der Waals surface area contributed by atoms with Gasteiger partial charge in [-0.05, 0) is 46.1 Å². The van der Waals surface area contributed by atoms with E-state index >= 15 is 0 Å². The molecule has 3 heteroatoms. The van der Waals surface area contributed by atoms with Crippen LogP contribution < -0.4 is 0 Å². The molecule has 21 heavy (non-hydrogen) atoms. The van der Waals surface area contributed by atoms with Crippen molar-refractivity contribution in [2.24, 2.45) is 0 Å². The normalized spacial score (nSPS) is 12.9. The predicted octanol–water partition coefficient (Wildman–Crippen LogP) is 4.90. The average Bonchev–Trinajstić information content (AvgIpc) is 2.37. The van der Waals surface area contributed by atoms with Gasteiger partial charge in [-0.25, -0.2) is 0 Å². The molecule has 0 aliphatic carbocycles. The zero-order valence-corrected chi connectivity index (χ0v) is 14.2. The summed E-state index contributed by atoms with van der Waals surface area (Å²) >= 11 is 0. The molecule has 0 rings (SSSR count). The molecule has 3 nitrogen and oxygen atoms in total. The SMILES string of the molecule is CCCCCCCC(=O)OC(O)/C=C(\C)CCC=C(C)C. The molecule has 122 valence electrons. The largest absolute Gasteiger partial charge is 0.432 e. The lowest BCUT2D eigenvalue weighted by Gasteiger charge is -2.09. The van der Waals surface area contributed by atoms with Crippen molar-refractivity contribution < 1.29 is 14.6 Å². The third-order valence-electron chi connectivity index (χ3n) is 3.26. The molecule has 0 spiro atoms. The molecule has 0 aromatic heterocycles. The molecule has 0 saturated carbocycles. The first kappa shape index (κ1) is 19.9. The third-order valence-corrected chi connectivity index (χ3v) is 3.26. The molecule has 0 aromatic rings. The van der Waals surface area contributed by atoms with E-state index in [2.05, 4.69) is 26.8 Å². The van der Waals surface area contributed by atoms with Gasteiger partial charge in [0.15, 0.2) is 0 Å². The molecule has 1 N–H and O–H groups in total. The maximum Gasteiger partial charge on any atom is 0.308 e. The highest BCUT2D eigenvalue weighted by molar-refractivity contribution is 5.69. The van der Waals surface area contributed by atoms with Gasteiger partial charge < -0.3 is 9.84 Å². The zero-order chi connectivity index (χ0) is 16.1. The van der Waals surface area contributed by atoms with Gasteiger partial charge in [-0.3, -0.25) is 4.79 Å². The number of hydrogen-bond donors (Lipinski definition) is 1. The summed E-state index contributed by atoms with van der Waals surface area (Å²) in [6, 6.07) is 0. The summed E-state index contributed by atoms with van der Waals surface area (Å²) < 4.78 is 4.98. The minimum absolute atomic E-state index is 0.313. The van der Waals surface area contributed by atoms with Crippen molar-refractivity contribution in [1.82, 2.24) is 0 Å². The van der Waals surface area contributed by atoms with Gasteiger partial charge in [0.05, 0.1) is 0 Å². The highest BCUT2D eigenvalue weighted by Gasteiger charge is 2.08. The molecular weight excluding hydrogens is 264 g/mol. The van der Waals surface area contributed by atoms with Crippen molar-refractivity contribution in [3.05, 3.63) is 23.3 Å². The first-order valence-electron chi connectivity index (χ1n) is 8.14. The molecule has 0 aliphatic rings. The summed E-state index contributed by atoms with van der Waals surface area (Å²) in [5.41, 5.74) is 2.33.